The monoisotopic (exact) mass is 218 g/mol. The smallest absolute Gasteiger partial charge is 0.277 e. The van der Waals surface area contributed by atoms with Crippen LogP contribution in [0.2, 0.25) is 0 Å². The van der Waals surface area contributed by atoms with E-state index in [0.29, 0.717) is 6.54 Å². The van der Waals surface area contributed by atoms with E-state index in [-0.39, 0.29) is 23.9 Å². The maximum atomic E-state index is 12.0. The fourth-order valence-corrected chi connectivity index (χ4v) is 1.34. The molecule has 1 aromatic rings. The molecule has 0 aliphatic heterocycles. The molecular weight excluding hydrogens is 204 g/mol. The van der Waals surface area contributed by atoms with Gasteiger partial charge in [-0.3, -0.25) is 4.79 Å². The number of carbonyl (C=O) groups excluding carboxylic acids is 1. The summed E-state index contributed by atoms with van der Waals surface area (Å²) < 4.78 is 0. The molecule has 0 fully saturated rings. The van der Waals surface area contributed by atoms with E-state index < -0.39 is 0 Å². The van der Waals surface area contributed by atoms with Crippen molar-refractivity contribution in [1.29, 1.82) is 0 Å². The van der Waals surface area contributed by atoms with Gasteiger partial charge in [0, 0.05) is 12.7 Å². The van der Waals surface area contributed by atoms with E-state index in [2.05, 4.69) is 10.9 Å². The van der Waals surface area contributed by atoms with Crippen LogP contribution in [0, 0.1) is 12.3 Å². The van der Waals surface area contributed by atoms with Crippen LogP contribution in [0.1, 0.15) is 23.8 Å². The number of carbonyl (C=O) groups is 1. The highest BCUT2D eigenvalue weighted by Gasteiger charge is 2.18. The standard InChI is InChI=1S/C12H14N2O2/c1-3-8-14(9-4-2)12(16)11-10(15)6-5-7-13-11/h1,5-7,15H,4,8-9H2,2H3. The van der Waals surface area contributed by atoms with Gasteiger partial charge >= 0.3 is 0 Å². The molecule has 0 radical (unpaired) electrons. The molecule has 0 saturated carbocycles. The van der Waals surface area contributed by atoms with Crippen LogP contribution in [0.3, 0.4) is 0 Å². The van der Waals surface area contributed by atoms with E-state index in [0.717, 1.165) is 6.42 Å². The molecule has 84 valence electrons. The van der Waals surface area contributed by atoms with Crippen molar-refractivity contribution in [2.24, 2.45) is 0 Å². The Kier molecular flexibility index (Phi) is 4.34. The third kappa shape index (κ3) is 2.74. The SMILES string of the molecule is C#CCN(CCC)C(=O)c1ncccc1O. The molecule has 0 unspecified atom stereocenters. The Labute approximate surface area is 94.9 Å². The maximum Gasteiger partial charge on any atom is 0.277 e. The third-order valence-electron chi connectivity index (χ3n) is 2.05. The highest BCUT2D eigenvalue weighted by Crippen LogP contribution is 2.14. The first-order chi connectivity index (χ1) is 7.70. The predicted molar refractivity (Wildman–Crippen MR) is 60.9 cm³/mol. The average molecular weight is 218 g/mol. The molecule has 1 heterocycles. The molecule has 0 spiro atoms. The van der Waals surface area contributed by atoms with E-state index in [4.69, 9.17) is 6.42 Å². The number of aromatic hydroxyl groups is 1. The average Bonchev–Trinajstić information content (AvgIpc) is 2.28. The first-order valence-corrected chi connectivity index (χ1v) is 5.07. The summed E-state index contributed by atoms with van der Waals surface area (Å²) in [4.78, 5) is 17.3. The summed E-state index contributed by atoms with van der Waals surface area (Å²) in [7, 11) is 0. The number of hydrogen-bond acceptors (Lipinski definition) is 3. The van der Waals surface area contributed by atoms with Gasteiger partial charge in [-0.2, -0.15) is 0 Å². The molecule has 0 bridgehead atoms. The topological polar surface area (TPSA) is 53.4 Å². The van der Waals surface area contributed by atoms with Crippen molar-refractivity contribution in [1.82, 2.24) is 9.88 Å². The summed E-state index contributed by atoms with van der Waals surface area (Å²) in [6, 6.07) is 3.00. The van der Waals surface area contributed by atoms with Crippen molar-refractivity contribution in [3.8, 4) is 18.1 Å². The van der Waals surface area contributed by atoms with E-state index >= 15 is 0 Å². The molecule has 1 rings (SSSR count). The number of nitrogens with zero attached hydrogens (tertiary/aromatic N) is 2. The molecular formula is C12H14N2O2. The number of pyridine rings is 1. The quantitative estimate of drug-likeness (QED) is 0.774. The minimum atomic E-state index is -0.335. The van der Waals surface area contributed by atoms with Gasteiger partial charge in [0.1, 0.15) is 5.75 Å². The summed E-state index contributed by atoms with van der Waals surface area (Å²) in [6.45, 7) is 2.73. The lowest BCUT2D eigenvalue weighted by Gasteiger charge is -2.19. The number of amides is 1. The molecule has 0 aromatic carbocycles. The van der Waals surface area contributed by atoms with Gasteiger partial charge in [-0.1, -0.05) is 12.8 Å². The molecule has 1 aromatic heterocycles. The lowest BCUT2D eigenvalue weighted by molar-refractivity contribution is 0.0767. The largest absolute Gasteiger partial charge is 0.505 e. The molecule has 1 N–H and O–H groups in total. The van der Waals surface area contributed by atoms with Crippen molar-refractivity contribution in [2.75, 3.05) is 13.1 Å². The number of hydrogen-bond donors (Lipinski definition) is 1. The molecule has 0 aliphatic rings. The molecule has 4 heteroatoms. The second kappa shape index (κ2) is 5.76. The van der Waals surface area contributed by atoms with Gasteiger partial charge in [0.15, 0.2) is 5.69 Å². The minimum Gasteiger partial charge on any atom is -0.505 e. The molecule has 4 nitrogen and oxygen atoms in total. The van der Waals surface area contributed by atoms with Gasteiger partial charge in [0.2, 0.25) is 0 Å². The Hall–Kier alpha value is -2.02. The Morgan fingerprint density at radius 2 is 2.44 bits per heavy atom. The summed E-state index contributed by atoms with van der Waals surface area (Å²) in [6.07, 6.45) is 7.46. The zero-order chi connectivity index (χ0) is 12.0. The zero-order valence-electron chi connectivity index (χ0n) is 9.18. The van der Waals surface area contributed by atoms with Crippen LogP contribution in [0.25, 0.3) is 0 Å². The first-order valence-electron chi connectivity index (χ1n) is 5.07. The van der Waals surface area contributed by atoms with Gasteiger partial charge < -0.3 is 10.0 Å². The van der Waals surface area contributed by atoms with E-state index in [1.54, 1.807) is 6.07 Å². The Balaban J connectivity index is 2.91. The lowest BCUT2D eigenvalue weighted by atomic mass is 10.2. The van der Waals surface area contributed by atoms with Crippen molar-refractivity contribution in [3.63, 3.8) is 0 Å². The van der Waals surface area contributed by atoms with Crippen LogP contribution in [-0.2, 0) is 0 Å². The second-order valence-corrected chi connectivity index (χ2v) is 3.30. The predicted octanol–water partition coefficient (Wildman–Crippen LogP) is 1.27. The van der Waals surface area contributed by atoms with Gasteiger partial charge in [0.05, 0.1) is 6.54 Å². The molecule has 0 aliphatic carbocycles. The van der Waals surface area contributed by atoms with Crippen molar-refractivity contribution < 1.29 is 9.90 Å². The van der Waals surface area contributed by atoms with Crippen molar-refractivity contribution >= 4 is 5.91 Å². The zero-order valence-corrected chi connectivity index (χ0v) is 9.18. The Morgan fingerprint density at radius 1 is 1.69 bits per heavy atom. The second-order valence-electron chi connectivity index (χ2n) is 3.30. The van der Waals surface area contributed by atoms with Crippen LogP contribution in [-0.4, -0.2) is 34.0 Å². The third-order valence-corrected chi connectivity index (χ3v) is 2.05. The highest BCUT2D eigenvalue weighted by molar-refractivity contribution is 5.94. The van der Waals surface area contributed by atoms with Crippen LogP contribution in [0.4, 0.5) is 0 Å². The normalized spacial score (nSPS) is 9.50. The van der Waals surface area contributed by atoms with Crippen LogP contribution in [0.15, 0.2) is 18.3 Å². The molecule has 16 heavy (non-hydrogen) atoms. The summed E-state index contributed by atoms with van der Waals surface area (Å²) in [5.41, 5.74) is 0.0474. The first kappa shape index (κ1) is 12.1. The fourth-order valence-electron chi connectivity index (χ4n) is 1.34. The van der Waals surface area contributed by atoms with Gasteiger partial charge in [-0.25, -0.2) is 4.98 Å². The fraction of sp³-hybridized carbons (Fsp3) is 0.333. The van der Waals surface area contributed by atoms with E-state index in [1.165, 1.54) is 17.2 Å². The highest BCUT2D eigenvalue weighted by atomic mass is 16.3. The van der Waals surface area contributed by atoms with Crippen LogP contribution in [0.5, 0.6) is 5.75 Å². The molecule has 0 atom stereocenters. The van der Waals surface area contributed by atoms with E-state index in [1.807, 2.05) is 6.92 Å². The summed E-state index contributed by atoms with van der Waals surface area (Å²) >= 11 is 0. The van der Waals surface area contributed by atoms with Gasteiger partial charge in [0.25, 0.3) is 5.91 Å². The maximum absolute atomic E-state index is 12.0. The number of terminal acetylenes is 1. The number of rotatable bonds is 4. The Morgan fingerprint density at radius 3 is 3.00 bits per heavy atom. The summed E-state index contributed by atoms with van der Waals surface area (Å²) in [5, 5.41) is 9.50. The number of aromatic nitrogens is 1. The Bertz CT molecular complexity index is 410. The lowest BCUT2D eigenvalue weighted by Crippen LogP contribution is -2.32. The van der Waals surface area contributed by atoms with Crippen LogP contribution >= 0.6 is 0 Å². The van der Waals surface area contributed by atoms with Gasteiger partial charge in [-0.15, -0.1) is 6.42 Å². The molecule has 1 amide bonds. The van der Waals surface area contributed by atoms with E-state index in [9.17, 15) is 9.90 Å². The van der Waals surface area contributed by atoms with Crippen molar-refractivity contribution in [3.05, 3.63) is 24.0 Å². The van der Waals surface area contributed by atoms with Crippen LogP contribution < -0.4 is 0 Å². The van der Waals surface area contributed by atoms with Crippen molar-refractivity contribution in [2.45, 2.75) is 13.3 Å². The minimum absolute atomic E-state index is 0.0474. The molecule has 0 saturated heterocycles. The summed E-state index contributed by atoms with van der Waals surface area (Å²) in [5.74, 6) is 1.96. The van der Waals surface area contributed by atoms with Gasteiger partial charge in [-0.05, 0) is 18.6 Å².